The summed E-state index contributed by atoms with van der Waals surface area (Å²) in [4.78, 5) is 13.1. The van der Waals surface area contributed by atoms with Crippen molar-refractivity contribution in [3.05, 3.63) is 0 Å². The number of likely N-dealkylation sites (N-methyl/N-ethyl adjacent to an activating group) is 1. The SMILES string of the molecule is CCCN(CC)CC(C)(N)C(N)=O. The number of hydrogen-bond donors (Lipinski definition) is 2. The lowest BCUT2D eigenvalue weighted by molar-refractivity contribution is -0.123. The largest absolute Gasteiger partial charge is 0.368 e. The molecule has 1 atom stereocenters. The first-order chi connectivity index (χ1) is 5.94. The van der Waals surface area contributed by atoms with Gasteiger partial charge in [-0.1, -0.05) is 13.8 Å². The highest BCUT2D eigenvalue weighted by atomic mass is 16.1. The minimum Gasteiger partial charge on any atom is -0.368 e. The molecule has 0 aromatic rings. The van der Waals surface area contributed by atoms with Crippen molar-refractivity contribution in [2.45, 2.75) is 32.7 Å². The molecule has 13 heavy (non-hydrogen) atoms. The van der Waals surface area contributed by atoms with Gasteiger partial charge in [0.05, 0.1) is 0 Å². The smallest absolute Gasteiger partial charge is 0.238 e. The van der Waals surface area contributed by atoms with Crippen LogP contribution in [-0.2, 0) is 4.79 Å². The van der Waals surface area contributed by atoms with Gasteiger partial charge in [-0.05, 0) is 26.4 Å². The maximum atomic E-state index is 10.9. The fraction of sp³-hybridized carbons (Fsp3) is 0.889. The summed E-state index contributed by atoms with van der Waals surface area (Å²) in [5.41, 5.74) is 10.0. The molecule has 0 radical (unpaired) electrons. The van der Waals surface area contributed by atoms with Crippen LogP contribution in [0.25, 0.3) is 0 Å². The Hall–Kier alpha value is -0.610. The van der Waals surface area contributed by atoms with Gasteiger partial charge < -0.3 is 16.4 Å². The second-order valence-corrected chi connectivity index (χ2v) is 3.65. The molecule has 4 heteroatoms. The van der Waals surface area contributed by atoms with Crippen LogP contribution in [0.15, 0.2) is 0 Å². The van der Waals surface area contributed by atoms with Gasteiger partial charge in [0.2, 0.25) is 5.91 Å². The first-order valence-electron chi connectivity index (χ1n) is 4.75. The quantitative estimate of drug-likeness (QED) is 0.611. The van der Waals surface area contributed by atoms with Gasteiger partial charge in [0.1, 0.15) is 5.54 Å². The summed E-state index contributed by atoms with van der Waals surface area (Å²) in [6, 6.07) is 0. The summed E-state index contributed by atoms with van der Waals surface area (Å²) in [6.45, 7) is 8.21. The van der Waals surface area contributed by atoms with Gasteiger partial charge in [-0.3, -0.25) is 4.79 Å². The molecule has 0 rings (SSSR count). The van der Waals surface area contributed by atoms with Crippen LogP contribution in [0.2, 0.25) is 0 Å². The first kappa shape index (κ1) is 12.4. The molecule has 0 aromatic heterocycles. The molecule has 0 saturated heterocycles. The van der Waals surface area contributed by atoms with Gasteiger partial charge in [0, 0.05) is 6.54 Å². The van der Waals surface area contributed by atoms with E-state index in [1.807, 2.05) is 6.92 Å². The lowest BCUT2D eigenvalue weighted by Crippen LogP contribution is -2.56. The van der Waals surface area contributed by atoms with Crippen LogP contribution in [0.3, 0.4) is 0 Å². The standard InChI is InChI=1S/C9H21N3O/c1-4-6-12(5-2)7-9(3,11)8(10)13/h4-7,11H2,1-3H3,(H2,10,13). The molecule has 0 saturated carbocycles. The van der Waals surface area contributed by atoms with Gasteiger partial charge in [0.25, 0.3) is 0 Å². The zero-order valence-corrected chi connectivity index (χ0v) is 8.84. The molecule has 0 fully saturated rings. The summed E-state index contributed by atoms with van der Waals surface area (Å²) in [6.07, 6.45) is 1.06. The van der Waals surface area contributed by atoms with Crippen molar-refractivity contribution in [1.29, 1.82) is 0 Å². The van der Waals surface area contributed by atoms with E-state index < -0.39 is 11.4 Å². The van der Waals surface area contributed by atoms with E-state index in [0.29, 0.717) is 6.54 Å². The number of rotatable bonds is 6. The number of nitrogens with two attached hydrogens (primary N) is 2. The highest BCUT2D eigenvalue weighted by Gasteiger charge is 2.27. The molecule has 0 bridgehead atoms. The Balaban J connectivity index is 4.13. The fourth-order valence-electron chi connectivity index (χ4n) is 1.21. The zero-order chi connectivity index (χ0) is 10.5. The summed E-state index contributed by atoms with van der Waals surface area (Å²) in [5.74, 6) is -0.443. The Morgan fingerprint density at radius 1 is 1.46 bits per heavy atom. The summed E-state index contributed by atoms with van der Waals surface area (Å²) >= 11 is 0. The molecule has 0 spiro atoms. The lowest BCUT2D eigenvalue weighted by Gasteiger charge is -2.29. The maximum Gasteiger partial charge on any atom is 0.238 e. The van der Waals surface area contributed by atoms with Crippen LogP contribution in [0.1, 0.15) is 27.2 Å². The normalized spacial score (nSPS) is 15.8. The Labute approximate surface area is 80.3 Å². The first-order valence-corrected chi connectivity index (χ1v) is 4.75. The van der Waals surface area contributed by atoms with E-state index in [4.69, 9.17) is 11.5 Å². The van der Waals surface area contributed by atoms with E-state index in [9.17, 15) is 4.79 Å². The zero-order valence-electron chi connectivity index (χ0n) is 8.84. The summed E-state index contributed by atoms with van der Waals surface area (Å²) in [7, 11) is 0. The average Bonchev–Trinajstić information content (AvgIpc) is 2.03. The minimum atomic E-state index is -0.912. The molecule has 4 N–H and O–H groups in total. The highest BCUT2D eigenvalue weighted by Crippen LogP contribution is 2.02. The third-order valence-corrected chi connectivity index (χ3v) is 2.10. The number of hydrogen-bond acceptors (Lipinski definition) is 3. The number of carbonyl (C=O) groups excluding carboxylic acids is 1. The van der Waals surface area contributed by atoms with Crippen LogP contribution in [0.5, 0.6) is 0 Å². The summed E-state index contributed by atoms with van der Waals surface area (Å²) < 4.78 is 0. The van der Waals surface area contributed by atoms with Crippen molar-refractivity contribution in [1.82, 2.24) is 4.90 Å². The molecule has 1 amide bonds. The number of primary amides is 1. The van der Waals surface area contributed by atoms with Crippen LogP contribution in [-0.4, -0.2) is 36.0 Å². The minimum absolute atomic E-state index is 0.443. The van der Waals surface area contributed by atoms with Gasteiger partial charge in [-0.15, -0.1) is 0 Å². The van der Waals surface area contributed by atoms with Gasteiger partial charge in [0.15, 0.2) is 0 Å². The predicted octanol–water partition coefficient (Wildman–Crippen LogP) is -0.0790. The molecule has 1 unspecified atom stereocenters. The second-order valence-electron chi connectivity index (χ2n) is 3.65. The van der Waals surface area contributed by atoms with Crippen molar-refractivity contribution in [3.63, 3.8) is 0 Å². The van der Waals surface area contributed by atoms with Crippen molar-refractivity contribution in [2.24, 2.45) is 11.5 Å². The Kier molecular flexibility index (Phi) is 4.95. The molecular weight excluding hydrogens is 166 g/mol. The fourth-order valence-corrected chi connectivity index (χ4v) is 1.21. The van der Waals surface area contributed by atoms with E-state index >= 15 is 0 Å². The van der Waals surface area contributed by atoms with E-state index in [-0.39, 0.29) is 0 Å². The molecule has 4 nitrogen and oxygen atoms in total. The molecule has 0 aliphatic carbocycles. The topological polar surface area (TPSA) is 72.3 Å². The predicted molar refractivity (Wildman–Crippen MR) is 54.2 cm³/mol. The van der Waals surface area contributed by atoms with E-state index in [2.05, 4.69) is 11.8 Å². The van der Waals surface area contributed by atoms with Crippen LogP contribution in [0.4, 0.5) is 0 Å². The van der Waals surface area contributed by atoms with Crippen molar-refractivity contribution in [3.8, 4) is 0 Å². The number of amides is 1. The Bertz CT molecular complexity index is 168. The van der Waals surface area contributed by atoms with Crippen LogP contribution < -0.4 is 11.5 Å². The van der Waals surface area contributed by atoms with Crippen molar-refractivity contribution < 1.29 is 4.79 Å². The van der Waals surface area contributed by atoms with E-state index in [1.54, 1.807) is 6.92 Å². The molecule has 0 aliphatic heterocycles. The average molecular weight is 187 g/mol. The molecular formula is C9H21N3O. The monoisotopic (exact) mass is 187 g/mol. The van der Waals surface area contributed by atoms with Crippen LogP contribution >= 0.6 is 0 Å². The number of carbonyl (C=O) groups is 1. The third-order valence-electron chi connectivity index (χ3n) is 2.10. The molecule has 78 valence electrons. The molecule has 0 heterocycles. The molecule has 0 aromatic carbocycles. The second kappa shape index (κ2) is 5.19. The Morgan fingerprint density at radius 3 is 2.31 bits per heavy atom. The van der Waals surface area contributed by atoms with Crippen LogP contribution in [0, 0.1) is 0 Å². The molecule has 0 aliphatic rings. The van der Waals surface area contributed by atoms with E-state index in [0.717, 1.165) is 19.5 Å². The van der Waals surface area contributed by atoms with Gasteiger partial charge in [-0.2, -0.15) is 0 Å². The van der Waals surface area contributed by atoms with E-state index in [1.165, 1.54) is 0 Å². The third kappa shape index (κ3) is 4.24. The van der Waals surface area contributed by atoms with Crippen molar-refractivity contribution in [2.75, 3.05) is 19.6 Å². The highest BCUT2D eigenvalue weighted by molar-refractivity contribution is 5.84. The Morgan fingerprint density at radius 2 is 2.00 bits per heavy atom. The lowest BCUT2D eigenvalue weighted by atomic mass is 10.0. The summed E-state index contributed by atoms with van der Waals surface area (Å²) in [5, 5.41) is 0. The van der Waals surface area contributed by atoms with Gasteiger partial charge >= 0.3 is 0 Å². The number of nitrogens with zero attached hydrogens (tertiary/aromatic N) is 1. The maximum absolute atomic E-state index is 10.9. The van der Waals surface area contributed by atoms with Gasteiger partial charge in [-0.25, -0.2) is 0 Å². The van der Waals surface area contributed by atoms with Crippen molar-refractivity contribution >= 4 is 5.91 Å².